The third-order valence-corrected chi connectivity index (χ3v) is 3.86. The van der Waals surface area contributed by atoms with Crippen LogP contribution in [0, 0.1) is 10.1 Å². The molecule has 24 heavy (non-hydrogen) atoms. The Morgan fingerprint density at radius 3 is 2.38 bits per heavy atom. The van der Waals surface area contributed by atoms with Crippen molar-refractivity contribution in [3.8, 4) is 0 Å². The van der Waals surface area contributed by atoms with Crippen LogP contribution in [0.2, 0.25) is 0 Å². The van der Waals surface area contributed by atoms with Crippen LogP contribution < -0.4 is 0 Å². The highest BCUT2D eigenvalue weighted by Gasteiger charge is 2.35. The molecule has 132 valence electrons. The Bertz CT molecular complexity index is 628. The molecule has 0 saturated carbocycles. The monoisotopic (exact) mass is 347 g/mol. The number of aliphatic hydroxyl groups excluding tert-OH is 1. The van der Waals surface area contributed by atoms with Crippen molar-refractivity contribution in [2.24, 2.45) is 0 Å². The van der Waals surface area contributed by atoms with E-state index in [1.807, 2.05) is 0 Å². The molecule has 0 aromatic heterocycles. The molecule has 0 radical (unpaired) electrons. The Labute approximate surface area is 135 Å². The zero-order valence-electron chi connectivity index (χ0n) is 12.6. The Morgan fingerprint density at radius 1 is 1.25 bits per heavy atom. The number of amides is 1. The first-order valence-corrected chi connectivity index (χ1v) is 7.18. The number of carbonyl (C=O) groups excluding carboxylic acids is 1. The van der Waals surface area contributed by atoms with Gasteiger partial charge in [0.25, 0.3) is 5.69 Å². The van der Waals surface area contributed by atoms with Crippen LogP contribution in [-0.2, 0) is 17.5 Å². The number of nitrogens with zero attached hydrogens (tertiary/aromatic N) is 3. The van der Waals surface area contributed by atoms with Crippen LogP contribution in [0.25, 0.3) is 0 Å². The molecule has 0 spiro atoms. The van der Waals surface area contributed by atoms with Gasteiger partial charge >= 0.3 is 6.18 Å². The lowest BCUT2D eigenvalue weighted by atomic mass is 10.0. The van der Waals surface area contributed by atoms with Crippen molar-refractivity contribution in [2.75, 3.05) is 32.8 Å². The van der Waals surface area contributed by atoms with Crippen molar-refractivity contribution < 1.29 is 28.0 Å². The van der Waals surface area contributed by atoms with Gasteiger partial charge in [0.15, 0.2) is 0 Å². The van der Waals surface area contributed by atoms with Gasteiger partial charge in [0, 0.05) is 44.9 Å². The van der Waals surface area contributed by atoms with E-state index < -0.39 is 34.9 Å². The summed E-state index contributed by atoms with van der Waals surface area (Å²) in [5.41, 5.74) is -1.68. The van der Waals surface area contributed by atoms with Gasteiger partial charge in [-0.2, -0.15) is 13.2 Å². The van der Waals surface area contributed by atoms with E-state index >= 15 is 0 Å². The molecule has 2 rings (SSSR count). The van der Waals surface area contributed by atoms with E-state index in [0.29, 0.717) is 32.2 Å². The maximum atomic E-state index is 13.1. The molecule has 10 heteroatoms. The molecular weight excluding hydrogens is 331 g/mol. The number of hydrogen-bond donors (Lipinski definition) is 1. The molecule has 0 atom stereocenters. The molecule has 7 nitrogen and oxygen atoms in total. The minimum Gasteiger partial charge on any atom is -0.387 e. The lowest BCUT2D eigenvalue weighted by molar-refractivity contribution is -0.385. The van der Waals surface area contributed by atoms with Gasteiger partial charge in [-0.15, -0.1) is 0 Å². The topological polar surface area (TPSA) is 86.9 Å². The number of piperazine rings is 1. The SMILES string of the molecule is O=C(CO)N1CCN(Cc2ccc([N+](=O)[O-])cc2C(F)(F)F)CC1. The summed E-state index contributed by atoms with van der Waals surface area (Å²) in [5.74, 6) is -0.416. The predicted octanol–water partition coefficient (Wildman–Crippen LogP) is 1.25. The third-order valence-electron chi connectivity index (χ3n) is 3.86. The van der Waals surface area contributed by atoms with Gasteiger partial charge < -0.3 is 10.0 Å². The average Bonchev–Trinajstić information content (AvgIpc) is 2.54. The summed E-state index contributed by atoms with van der Waals surface area (Å²) in [6.45, 7) is 0.732. The van der Waals surface area contributed by atoms with Crippen molar-refractivity contribution in [3.05, 3.63) is 39.4 Å². The highest BCUT2D eigenvalue weighted by atomic mass is 19.4. The second kappa shape index (κ2) is 7.14. The summed E-state index contributed by atoms with van der Waals surface area (Å²) in [6.07, 6.45) is -4.68. The molecule has 1 heterocycles. The van der Waals surface area contributed by atoms with Gasteiger partial charge in [0.1, 0.15) is 6.61 Å². The van der Waals surface area contributed by atoms with Crippen LogP contribution in [0.15, 0.2) is 18.2 Å². The summed E-state index contributed by atoms with van der Waals surface area (Å²) in [4.78, 5) is 24.4. The smallest absolute Gasteiger partial charge is 0.387 e. The summed E-state index contributed by atoms with van der Waals surface area (Å²) in [5, 5.41) is 19.5. The molecule has 0 bridgehead atoms. The van der Waals surface area contributed by atoms with Crippen LogP contribution in [0.5, 0.6) is 0 Å². The zero-order chi connectivity index (χ0) is 17.9. The lowest BCUT2D eigenvalue weighted by Gasteiger charge is -2.34. The fourth-order valence-electron chi connectivity index (χ4n) is 2.58. The van der Waals surface area contributed by atoms with Crippen LogP contribution in [-0.4, -0.2) is 58.5 Å². The van der Waals surface area contributed by atoms with E-state index in [1.54, 1.807) is 4.90 Å². The first-order chi connectivity index (χ1) is 11.2. The number of non-ortho nitro benzene ring substituents is 1. The van der Waals surface area contributed by atoms with Crippen molar-refractivity contribution in [1.82, 2.24) is 9.80 Å². The molecule has 1 aromatic carbocycles. The highest BCUT2D eigenvalue weighted by Crippen LogP contribution is 2.35. The maximum Gasteiger partial charge on any atom is 0.416 e. The second-order valence-corrected chi connectivity index (χ2v) is 5.41. The number of nitro groups is 1. The fraction of sp³-hybridized carbons (Fsp3) is 0.500. The number of nitro benzene ring substituents is 1. The summed E-state index contributed by atoms with van der Waals surface area (Å²) in [7, 11) is 0. The Morgan fingerprint density at radius 2 is 1.88 bits per heavy atom. The number of benzene rings is 1. The molecule has 1 fully saturated rings. The lowest BCUT2D eigenvalue weighted by Crippen LogP contribution is -2.49. The summed E-state index contributed by atoms with van der Waals surface area (Å²) in [6, 6.07) is 2.71. The van der Waals surface area contributed by atoms with E-state index in [1.165, 1.54) is 4.90 Å². The van der Waals surface area contributed by atoms with Gasteiger partial charge in [-0.1, -0.05) is 6.07 Å². The molecule has 0 unspecified atom stereocenters. The Kier molecular flexibility index (Phi) is 5.40. The standard InChI is InChI=1S/C14H16F3N3O4/c15-14(16,17)12-7-11(20(23)24)2-1-10(12)8-18-3-5-19(6-4-18)13(22)9-21/h1-2,7,21H,3-6,8-9H2. The van der Waals surface area contributed by atoms with Gasteiger partial charge in [-0.3, -0.25) is 19.8 Å². The van der Waals surface area contributed by atoms with Crippen molar-refractivity contribution in [3.63, 3.8) is 0 Å². The normalized spacial score (nSPS) is 16.2. The Hall–Kier alpha value is -2.20. The van der Waals surface area contributed by atoms with Gasteiger partial charge in [-0.05, 0) is 5.56 Å². The van der Waals surface area contributed by atoms with E-state index in [9.17, 15) is 28.1 Å². The average molecular weight is 347 g/mol. The number of rotatable bonds is 4. The van der Waals surface area contributed by atoms with E-state index in [-0.39, 0.29) is 12.1 Å². The number of hydrogen-bond acceptors (Lipinski definition) is 5. The first-order valence-electron chi connectivity index (χ1n) is 7.18. The number of carbonyl (C=O) groups is 1. The molecule has 1 aliphatic rings. The minimum absolute atomic E-state index is 0.0198. The molecule has 1 N–H and O–H groups in total. The number of aliphatic hydroxyl groups is 1. The van der Waals surface area contributed by atoms with Crippen LogP contribution >= 0.6 is 0 Å². The van der Waals surface area contributed by atoms with Gasteiger partial charge in [0.05, 0.1) is 10.5 Å². The minimum atomic E-state index is -4.68. The Balaban J connectivity index is 2.13. The highest BCUT2D eigenvalue weighted by molar-refractivity contribution is 5.77. The number of halogens is 3. The predicted molar refractivity (Wildman–Crippen MR) is 77.0 cm³/mol. The van der Waals surface area contributed by atoms with Gasteiger partial charge in [-0.25, -0.2) is 0 Å². The van der Waals surface area contributed by atoms with Gasteiger partial charge in [0.2, 0.25) is 5.91 Å². The van der Waals surface area contributed by atoms with Crippen molar-refractivity contribution in [1.29, 1.82) is 0 Å². The van der Waals surface area contributed by atoms with Crippen LogP contribution in [0.4, 0.5) is 18.9 Å². The first kappa shape index (κ1) is 18.1. The second-order valence-electron chi connectivity index (χ2n) is 5.41. The van der Waals surface area contributed by atoms with E-state index in [2.05, 4.69) is 0 Å². The molecule has 1 aromatic rings. The quantitative estimate of drug-likeness (QED) is 0.654. The van der Waals surface area contributed by atoms with E-state index in [0.717, 1.165) is 12.1 Å². The summed E-state index contributed by atoms with van der Waals surface area (Å²) >= 11 is 0. The molecule has 1 amide bonds. The summed E-state index contributed by atoms with van der Waals surface area (Å²) < 4.78 is 39.4. The van der Waals surface area contributed by atoms with E-state index in [4.69, 9.17) is 5.11 Å². The fourth-order valence-corrected chi connectivity index (χ4v) is 2.58. The third kappa shape index (κ3) is 4.20. The largest absolute Gasteiger partial charge is 0.416 e. The molecule has 1 saturated heterocycles. The van der Waals surface area contributed by atoms with Crippen molar-refractivity contribution in [2.45, 2.75) is 12.7 Å². The molecule has 1 aliphatic heterocycles. The van der Waals surface area contributed by atoms with Crippen LogP contribution in [0.1, 0.15) is 11.1 Å². The zero-order valence-corrected chi connectivity index (χ0v) is 12.6. The van der Waals surface area contributed by atoms with Crippen LogP contribution in [0.3, 0.4) is 0 Å². The van der Waals surface area contributed by atoms with Crippen molar-refractivity contribution >= 4 is 11.6 Å². The maximum absolute atomic E-state index is 13.1. The molecular formula is C14H16F3N3O4. The molecule has 0 aliphatic carbocycles. The number of alkyl halides is 3.